The highest BCUT2D eigenvalue weighted by molar-refractivity contribution is 7.13. The number of carbonyl (C=O) groups excluding carboxylic acids is 1. The third-order valence-electron chi connectivity index (χ3n) is 2.63. The molecule has 2 heterocycles. The molecular weight excluding hydrogens is 291 g/mol. The summed E-state index contributed by atoms with van der Waals surface area (Å²) in [5.41, 5.74) is 1.01. The molecule has 3 rings (SSSR count). The van der Waals surface area contributed by atoms with Crippen molar-refractivity contribution in [3.05, 3.63) is 65.7 Å². The molecule has 0 saturated heterocycles. The van der Waals surface area contributed by atoms with Crippen LogP contribution in [0.3, 0.4) is 0 Å². The lowest BCUT2D eigenvalue weighted by atomic mass is 10.3. The van der Waals surface area contributed by atoms with E-state index < -0.39 is 11.8 Å². The second kappa shape index (κ2) is 5.80. The van der Waals surface area contributed by atoms with Crippen LogP contribution in [0, 0.1) is 5.82 Å². The zero-order valence-electron chi connectivity index (χ0n) is 10.7. The molecule has 6 heteroatoms. The summed E-state index contributed by atoms with van der Waals surface area (Å²) in [5.74, 6) is -0.933. The molecule has 104 valence electrons. The normalized spacial score (nSPS) is 10.3. The summed E-state index contributed by atoms with van der Waals surface area (Å²) >= 11 is 1.32. The van der Waals surface area contributed by atoms with E-state index in [0.717, 1.165) is 11.6 Å². The summed E-state index contributed by atoms with van der Waals surface area (Å²) in [6, 6.07) is 9.05. The van der Waals surface area contributed by atoms with E-state index in [1.807, 2.05) is 6.07 Å². The Morgan fingerprint density at radius 2 is 2.14 bits per heavy atom. The number of benzene rings is 1. The van der Waals surface area contributed by atoms with Gasteiger partial charge in [-0.1, -0.05) is 6.07 Å². The molecular formula is C15H9FN2O2S. The first-order chi connectivity index (χ1) is 10.2. The fraction of sp³-hybridized carbons (Fsp3) is 0. The molecule has 0 radical (unpaired) electrons. The van der Waals surface area contributed by atoms with Crippen LogP contribution in [0.5, 0.6) is 5.75 Å². The van der Waals surface area contributed by atoms with Crippen LogP contribution in [0.15, 0.2) is 54.2 Å². The number of esters is 1. The Morgan fingerprint density at radius 3 is 2.90 bits per heavy atom. The lowest BCUT2D eigenvalue weighted by Gasteiger charge is -2.01. The number of hydrogen-bond donors (Lipinski definition) is 0. The zero-order chi connectivity index (χ0) is 14.7. The van der Waals surface area contributed by atoms with Gasteiger partial charge in [0.2, 0.25) is 0 Å². The molecule has 0 N–H and O–H groups in total. The minimum atomic E-state index is -0.619. The number of carbonyl (C=O) groups is 1. The Morgan fingerprint density at radius 1 is 1.24 bits per heavy atom. The van der Waals surface area contributed by atoms with Crippen molar-refractivity contribution in [1.29, 1.82) is 0 Å². The number of rotatable bonds is 3. The second-order valence-corrected chi connectivity index (χ2v) is 4.98. The number of halogens is 1. The van der Waals surface area contributed by atoms with Crippen LogP contribution in [-0.2, 0) is 0 Å². The van der Waals surface area contributed by atoms with Gasteiger partial charge in [-0.25, -0.2) is 14.2 Å². The SMILES string of the molecule is O=C(Oc1cccc(F)c1)c1csc(-c2cccnc2)n1. The van der Waals surface area contributed by atoms with E-state index in [1.54, 1.807) is 23.8 Å². The number of ether oxygens (including phenoxy) is 1. The molecule has 0 fully saturated rings. The van der Waals surface area contributed by atoms with Crippen LogP contribution in [0.25, 0.3) is 10.6 Å². The van der Waals surface area contributed by atoms with Crippen molar-refractivity contribution in [2.45, 2.75) is 0 Å². The standard InChI is InChI=1S/C15H9FN2O2S/c16-11-4-1-5-12(7-11)20-15(19)13-9-21-14(18-13)10-3-2-6-17-8-10/h1-9H. The average Bonchev–Trinajstić information content (AvgIpc) is 2.98. The van der Waals surface area contributed by atoms with Crippen LogP contribution in [0.1, 0.15) is 10.5 Å². The summed E-state index contributed by atoms with van der Waals surface area (Å²) in [4.78, 5) is 20.2. The predicted octanol–water partition coefficient (Wildman–Crippen LogP) is 3.56. The molecule has 2 aromatic heterocycles. The summed E-state index contributed by atoms with van der Waals surface area (Å²) in [6.45, 7) is 0. The van der Waals surface area contributed by atoms with Gasteiger partial charge in [0, 0.05) is 29.4 Å². The largest absolute Gasteiger partial charge is 0.422 e. The maximum Gasteiger partial charge on any atom is 0.363 e. The van der Waals surface area contributed by atoms with Crippen molar-refractivity contribution in [1.82, 2.24) is 9.97 Å². The van der Waals surface area contributed by atoms with Crippen molar-refractivity contribution in [3.8, 4) is 16.3 Å². The first-order valence-corrected chi connectivity index (χ1v) is 6.94. The van der Waals surface area contributed by atoms with Gasteiger partial charge in [0.25, 0.3) is 0 Å². The quantitative estimate of drug-likeness (QED) is 0.548. The molecule has 0 bridgehead atoms. The van der Waals surface area contributed by atoms with Gasteiger partial charge >= 0.3 is 5.97 Å². The van der Waals surface area contributed by atoms with Crippen LogP contribution < -0.4 is 4.74 Å². The first-order valence-electron chi connectivity index (χ1n) is 6.06. The number of nitrogens with zero attached hydrogens (tertiary/aromatic N) is 2. The van der Waals surface area contributed by atoms with E-state index in [0.29, 0.717) is 5.01 Å². The van der Waals surface area contributed by atoms with Gasteiger partial charge < -0.3 is 4.74 Å². The molecule has 0 aliphatic rings. The molecule has 0 unspecified atom stereocenters. The third-order valence-corrected chi connectivity index (χ3v) is 3.52. The molecule has 21 heavy (non-hydrogen) atoms. The molecule has 0 aliphatic carbocycles. The fourth-order valence-corrected chi connectivity index (χ4v) is 2.46. The molecule has 0 aliphatic heterocycles. The van der Waals surface area contributed by atoms with Gasteiger partial charge in [0.15, 0.2) is 5.69 Å². The smallest absolute Gasteiger partial charge is 0.363 e. The van der Waals surface area contributed by atoms with Gasteiger partial charge in [-0.15, -0.1) is 11.3 Å². The summed E-state index contributed by atoms with van der Waals surface area (Å²) in [6.07, 6.45) is 3.33. The number of thiazole rings is 1. The van der Waals surface area contributed by atoms with Gasteiger partial charge in [0.1, 0.15) is 16.6 Å². The van der Waals surface area contributed by atoms with E-state index in [4.69, 9.17) is 4.74 Å². The van der Waals surface area contributed by atoms with Crippen LogP contribution in [-0.4, -0.2) is 15.9 Å². The monoisotopic (exact) mass is 300 g/mol. The van der Waals surface area contributed by atoms with E-state index >= 15 is 0 Å². The van der Waals surface area contributed by atoms with Gasteiger partial charge in [-0.05, 0) is 24.3 Å². The lowest BCUT2D eigenvalue weighted by Crippen LogP contribution is -2.08. The highest BCUT2D eigenvalue weighted by atomic mass is 32.1. The Labute approximate surface area is 123 Å². The predicted molar refractivity (Wildman–Crippen MR) is 76.7 cm³/mol. The minimum absolute atomic E-state index is 0.149. The second-order valence-electron chi connectivity index (χ2n) is 4.13. The highest BCUT2D eigenvalue weighted by Gasteiger charge is 2.14. The first kappa shape index (κ1) is 13.4. The van der Waals surface area contributed by atoms with Crippen LogP contribution >= 0.6 is 11.3 Å². The number of hydrogen-bond acceptors (Lipinski definition) is 5. The Balaban J connectivity index is 1.78. The van der Waals surface area contributed by atoms with E-state index in [1.165, 1.54) is 29.5 Å². The van der Waals surface area contributed by atoms with Crippen molar-refractivity contribution in [2.75, 3.05) is 0 Å². The molecule has 1 aromatic carbocycles. The van der Waals surface area contributed by atoms with Crippen molar-refractivity contribution in [3.63, 3.8) is 0 Å². The van der Waals surface area contributed by atoms with Gasteiger partial charge in [-0.2, -0.15) is 0 Å². The summed E-state index contributed by atoms with van der Waals surface area (Å²) < 4.78 is 18.1. The molecule has 0 spiro atoms. The van der Waals surface area contributed by atoms with E-state index in [2.05, 4.69) is 9.97 Å². The summed E-state index contributed by atoms with van der Waals surface area (Å²) in [5, 5.41) is 2.28. The maximum absolute atomic E-state index is 13.0. The lowest BCUT2D eigenvalue weighted by molar-refractivity contribution is 0.0729. The molecule has 0 atom stereocenters. The van der Waals surface area contributed by atoms with Gasteiger partial charge in [0.05, 0.1) is 0 Å². The molecule has 0 amide bonds. The molecule has 0 saturated carbocycles. The highest BCUT2D eigenvalue weighted by Crippen LogP contribution is 2.23. The Hall–Kier alpha value is -2.60. The summed E-state index contributed by atoms with van der Waals surface area (Å²) in [7, 11) is 0. The topological polar surface area (TPSA) is 52.1 Å². The van der Waals surface area contributed by atoms with Crippen LogP contribution in [0.2, 0.25) is 0 Å². The molecule has 3 aromatic rings. The Kier molecular flexibility index (Phi) is 3.70. The van der Waals surface area contributed by atoms with E-state index in [9.17, 15) is 9.18 Å². The van der Waals surface area contributed by atoms with Crippen molar-refractivity contribution in [2.24, 2.45) is 0 Å². The average molecular weight is 300 g/mol. The Bertz CT molecular complexity index is 774. The maximum atomic E-state index is 13.0. The van der Waals surface area contributed by atoms with Crippen molar-refractivity contribution >= 4 is 17.3 Å². The number of aromatic nitrogens is 2. The minimum Gasteiger partial charge on any atom is -0.422 e. The molecule has 4 nitrogen and oxygen atoms in total. The van der Waals surface area contributed by atoms with Crippen LogP contribution in [0.4, 0.5) is 4.39 Å². The number of pyridine rings is 1. The third kappa shape index (κ3) is 3.11. The van der Waals surface area contributed by atoms with E-state index in [-0.39, 0.29) is 11.4 Å². The van der Waals surface area contributed by atoms with Gasteiger partial charge in [-0.3, -0.25) is 4.98 Å². The fourth-order valence-electron chi connectivity index (χ4n) is 1.68. The zero-order valence-corrected chi connectivity index (χ0v) is 11.5. The van der Waals surface area contributed by atoms with Crippen molar-refractivity contribution < 1.29 is 13.9 Å².